The van der Waals surface area contributed by atoms with Gasteiger partial charge in [0.15, 0.2) is 15.0 Å². The minimum atomic E-state index is -3.74. The van der Waals surface area contributed by atoms with Gasteiger partial charge in [-0.25, -0.2) is 13.4 Å². The molecule has 3 aromatic rings. The van der Waals surface area contributed by atoms with Crippen molar-refractivity contribution >= 4 is 54.8 Å². The number of aryl methyl sites for hydroxylation is 3. The SMILES string of the molecule is Cc1ccc(S(=O)(=O)CC(=O)N(CCCN(C)C)c2nc3cc(C)cc(C)c3s2)cc1.Cl. The molecule has 0 aliphatic rings. The number of rotatable bonds is 8. The zero-order valence-electron chi connectivity index (χ0n) is 19.1. The first-order chi connectivity index (χ1) is 14.6. The Morgan fingerprint density at radius 3 is 2.28 bits per heavy atom. The van der Waals surface area contributed by atoms with Crippen molar-refractivity contribution in [2.45, 2.75) is 32.1 Å². The Morgan fingerprint density at radius 1 is 1.00 bits per heavy atom. The van der Waals surface area contributed by atoms with Gasteiger partial charge in [-0.2, -0.15) is 0 Å². The third kappa shape index (κ3) is 6.28. The molecule has 32 heavy (non-hydrogen) atoms. The van der Waals surface area contributed by atoms with Gasteiger partial charge in [-0.1, -0.05) is 35.1 Å². The number of aromatic nitrogens is 1. The molecule has 0 saturated heterocycles. The first kappa shape index (κ1) is 26.3. The maximum atomic E-state index is 13.2. The molecule has 0 aliphatic carbocycles. The van der Waals surface area contributed by atoms with Crippen molar-refractivity contribution in [3.05, 3.63) is 53.1 Å². The van der Waals surface area contributed by atoms with Crippen LogP contribution in [0.1, 0.15) is 23.1 Å². The van der Waals surface area contributed by atoms with Gasteiger partial charge < -0.3 is 4.90 Å². The average molecular weight is 496 g/mol. The first-order valence-electron chi connectivity index (χ1n) is 10.2. The van der Waals surface area contributed by atoms with Gasteiger partial charge in [0.05, 0.1) is 15.1 Å². The fourth-order valence-electron chi connectivity index (χ4n) is 3.42. The van der Waals surface area contributed by atoms with Gasteiger partial charge in [0.1, 0.15) is 5.75 Å². The highest BCUT2D eigenvalue weighted by Crippen LogP contribution is 2.32. The molecule has 0 aliphatic heterocycles. The predicted octanol–water partition coefficient (Wildman–Crippen LogP) is 4.40. The lowest BCUT2D eigenvalue weighted by Gasteiger charge is -2.21. The third-order valence-corrected chi connectivity index (χ3v) is 7.87. The summed E-state index contributed by atoms with van der Waals surface area (Å²) in [5.74, 6) is -1.03. The van der Waals surface area contributed by atoms with Gasteiger partial charge in [0, 0.05) is 6.54 Å². The number of carbonyl (C=O) groups excluding carboxylic acids is 1. The van der Waals surface area contributed by atoms with Crippen LogP contribution < -0.4 is 4.90 Å². The average Bonchev–Trinajstić information content (AvgIpc) is 3.08. The second-order valence-corrected chi connectivity index (χ2v) is 11.2. The Hall–Kier alpha value is -2.00. The van der Waals surface area contributed by atoms with E-state index in [0.29, 0.717) is 11.7 Å². The predicted molar refractivity (Wildman–Crippen MR) is 135 cm³/mol. The number of carbonyl (C=O) groups is 1. The van der Waals surface area contributed by atoms with E-state index in [-0.39, 0.29) is 17.3 Å². The summed E-state index contributed by atoms with van der Waals surface area (Å²) in [4.78, 5) is 21.6. The third-order valence-electron chi connectivity index (χ3n) is 5.02. The Kier molecular flexibility index (Phi) is 8.82. The summed E-state index contributed by atoms with van der Waals surface area (Å²) in [6, 6.07) is 10.7. The monoisotopic (exact) mass is 495 g/mol. The minimum Gasteiger partial charge on any atom is -0.309 e. The quantitative estimate of drug-likeness (QED) is 0.463. The van der Waals surface area contributed by atoms with Crippen LogP contribution in [0.5, 0.6) is 0 Å². The van der Waals surface area contributed by atoms with Crippen LogP contribution in [0.25, 0.3) is 10.2 Å². The minimum absolute atomic E-state index is 0. The first-order valence-corrected chi connectivity index (χ1v) is 12.7. The normalized spacial score (nSPS) is 11.6. The molecule has 3 rings (SSSR count). The lowest BCUT2D eigenvalue weighted by Crippen LogP contribution is -2.37. The molecule has 1 heterocycles. The summed E-state index contributed by atoms with van der Waals surface area (Å²) in [5.41, 5.74) is 4.01. The van der Waals surface area contributed by atoms with Crippen LogP contribution in [-0.4, -0.2) is 57.1 Å². The standard InChI is InChI=1S/C23H29N3O3S2.ClH/c1-16-7-9-19(10-8-16)31(28,29)15-21(27)26(12-6-11-25(4)5)23-24-20-14-17(2)13-18(3)22(20)30-23;/h7-10,13-14H,6,11-12,15H2,1-5H3;1H. The van der Waals surface area contributed by atoms with Crippen LogP contribution in [0.15, 0.2) is 41.3 Å². The lowest BCUT2D eigenvalue weighted by atomic mass is 10.1. The van der Waals surface area contributed by atoms with Gasteiger partial charge in [0.2, 0.25) is 5.91 Å². The smallest absolute Gasteiger partial charge is 0.244 e. The maximum absolute atomic E-state index is 13.2. The van der Waals surface area contributed by atoms with Gasteiger partial charge in [0.25, 0.3) is 0 Å². The van der Waals surface area contributed by atoms with Crippen LogP contribution in [-0.2, 0) is 14.6 Å². The summed E-state index contributed by atoms with van der Waals surface area (Å²) in [5, 5.41) is 0.548. The van der Waals surface area contributed by atoms with Crippen LogP contribution in [0.2, 0.25) is 0 Å². The zero-order chi connectivity index (χ0) is 22.8. The molecule has 0 fully saturated rings. The number of anilines is 1. The Bertz CT molecular complexity index is 1190. The van der Waals surface area contributed by atoms with Gasteiger partial charge >= 0.3 is 0 Å². The molecule has 0 saturated carbocycles. The molecule has 174 valence electrons. The summed E-state index contributed by atoms with van der Waals surface area (Å²) >= 11 is 1.44. The van der Waals surface area contributed by atoms with Crippen LogP contribution >= 0.6 is 23.7 Å². The fraction of sp³-hybridized carbons (Fsp3) is 0.391. The zero-order valence-corrected chi connectivity index (χ0v) is 21.5. The topological polar surface area (TPSA) is 70.6 Å². The molecule has 0 radical (unpaired) electrons. The lowest BCUT2D eigenvalue weighted by molar-refractivity contribution is -0.116. The van der Waals surface area contributed by atoms with Crippen molar-refractivity contribution in [1.29, 1.82) is 0 Å². The molecule has 1 aromatic heterocycles. The van der Waals surface area contributed by atoms with Crippen molar-refractivity contribution in [3.8, 4) is 0 Å². The van der Waals surface area contributed by atoms with E-state index in [1.54, 1.807) is 24.3 Å². The van der Waals surface area contributed by atoms with Crippen molar-refractivity contribution in [2.75, 3.05) is 37.8 Å². The van der Waals surface area contributed by atoms with Crippen molar-refractivity contribution < 1.29 is 13.2 Å². The number of hydrogen-bond donors (Lipinski definition) is 0. The molecule has 6 nitrogen and oxygen atoms in total. The van der Waals surface area contributed by atoms with Gasteiger partial charge in [-0.05, 0) is 77.2 Å². The molecule has 9 heteroatoms. The highest BCUT2D eigenvalue weighted by Gasteiger charge is 2.26. The molecular weight excluding hydrogens is 466 g/mol. The van der Waals surface area contributed by atoms with Crippen molar-refractivity contribution in [3.63, 3.8) is 0 Å². The van der Waals surface area contributed by atoms with E-state index in [1.165, 1.54) is 16.2 Å². The largest absolute Gasteiger partial charge is 0.309 e. The molecule has 0 bridgehead atoms. The molecule has 0 atom stereocenters. The van der Waals surface area contributed by atoms with Crippen molar-refractivity contribution in [2.24, 2.45) is 0 Å². The number of benzene rings is 2. The molecule has 0 unspecified atom stereocenters. The maximum Gasteiger partial charge on any atom is 0.244 e. The Labute approximate surface area is 200 Å². The van der Waals surface area contributed by atoms with Crippen LogP contribution in [0.4, 0.5) is 5.13 Å². The number of thiazole rings is 1. The van der Waals surface area contributed by atoms with E-state index in [1.807, 2.05) is 45.8 Å². The number of amides is 1. The number of hydrogen-bond acceptors (Lipinski definition) is 6. The van der Waals surface area contributed by atoms with Crippen molar-refractivity contribution in [1.82, 2.24) is 9.88 Å². The fourth-order valence-corrected chi connectivity index (χ4v) is 5.68. The Morgan fingerprint density at radius 2 is 1.66 bits per heavy atom. The molecule has 0 N–H and O–H groups in total. The van der Waals surface area contributed by atoms with Gasteiger partial charge in [-0.15, -0.1) is 12.4 Å². The van der Waals surface area contributed by atoms with E-state index in [0.717, 1.165) is 39.9 Å². The second-order valence-electron chi connectivity index (χ2n) is 8.20. The van der Waals surface area contributed by atoms with E-state index < -0.39 is 21.5 Å². The Balaban J connectivity index is 0.00000363. The second kappa shape index (κ2) is 10.7. The van der Waals surface area contributed by atoms with Crippen LogP contribution in [0.3, 0.4) is 0 Å². The summed E-state index contributed by atoms with van der Waals surface area (Å²) in [6.45, 7) is 7.14. The van der Waals surface area contributed by atoms with E-state index in [2.05, 4.69) is 11.1 Å². The number of fused-ring (bicyclic) bond motifs is 1. The summed E-state index contributed by atoms with van der Waals surface area (Å²) < 4.78 is 26.8. The van der Waals surface area contributed by atoms with E-state index >= 15 is 0 Å². The molecule has 2 aromatic carbocycles. The molecule has 0 spiro atoms. The summed E-state index contributed by atoms with van der Waals surface area (Å²) in [6.07, 6.45) is 0.719. The number of halogens is 1. The summed E-state index contributed by atoms with van der Waals surface area (Å²) in [7, 11) is 0.200. The highest BCUT2D eigenvalue weighted by molar-refractivity contribution is 7.92. The molecular formula is C23H30ClN3O3S2. The highest BCUT2D eigenvalue weighted by atomic mass is 35.5. The van der Waals surface area contributed by atoms with Gasteiger partial charge in [-0.3, -0.25) is 9.69 Å². The number of nitrogens with zero attached hydrogens (tertiary/aromatic N) is 3. The van der Waals surface area contributed by atoms with E-state index in [9.17, 15) is 13.2 Å². The molecule has 1 amide bonds. The van der Waals surface area contributed by atoms with E-state index in [4.69, 9.17) is 0 Å². The number of sulfone groups is 1. The van der Waals surface area contributed by atoms with Crippen LogP contribution in [0, 0.1) is 20.8 Å².